The first-order chi connectivity index (χ1) is 7.29. The fourth-order valence-electron chi connectivity index (χ4n) is 1.36. The van der Waals surface area contributed by atoms with E-state index in [1.165, 1.54) is 18.9 Å². The van der Waals surface area contributed by atoms with Crippen LogP contribution in [-0.2, 0) is 6.61 Å². The van der Waals surface area contributed by atoms with Gasteiger partial charge in [-0.15, -0.1) is 11.8 Å². The van der Waals surface area contributed by atoms with Crippen LogP contribution in [0.1, 0.15) is 31.7 Å². The molecule has 0 saturated carbocycles. The Morgan fingerprint density at radius 2 is 2.13 bits per heavy atom. The molecule has 1 aromatic carbocycles. The SMILES string of the molecule is CCCCCSc1cccc(F)c1CO. The van der Waals surface area contributed by atoms with E-state index in [4.69, 9.17) is 5.11 Å². The van der Waals surface area contributed by atoms with Crippen molar-refractivity contribution in [3.05, 3.63) is 29.6 Å². The summed E-state index contributed by atoms with van der Waals surface area (Å²) in [6.07, 6.45) is 3.54. The second-order valence-corrected chi connectivity index (χ2v) is 4.57. The van der Waals surface area contributed by atoms with Gasteiger partial charge < -0.3 is 5.11 Å². The van der Waals surface area contributed by atoms with Crippen LogP contribution in [0.25, 0.3) is 0 Å². The molecule has 3 heteroatoms. The molecular formula is C12H17FOS. The second-order valence-electron chi connectivity index (χ2n) is 3.43. The van der Waals surface area contributed by atoms with Crippen molar-refractivity contribution in [3.63, 3.8) is 0 Å². The Labute approximate surface area is 94.7 Å². The van der Waals surface area contributed by atoms with Gasteiger partial charge >= 0.3 is 0 Å². The highest BCUT2D eigenvalue weighted by molar-refractivity contribution is 7.99. The first-order valence-electron chi connectivity index (χ1n) is 5.30. The average Bonchev–Trinajstić information content (AvgIpc) is 2.24. The van der Waals surface area contributed by atoms with Gasteiger partial charge in [-0.2, -0.15) is 0 Å². The van der Waals surface area contributed by atoms with Crippen LogP contribution in [0, 0.1) is 5.82 Å². The van der Waals surface area contributed by atoms with E-state index in [9.17, 15) is 4.39 Å². The van der Waals surface area contributed by atoms with E-state index >= 15 is 0 Å². The lowest BCUT2D eigenvalue weighted by Crippen LogP contribution is -1.93. The van der Waals surface area contributed by atoms with Crippen molar-refractivity contribution in [2.45, 2.75) is 37.7 Å². The number of thioether (sulfide) groups is 1. The summed E-state index contributed by atoms with van der Waals surface area (Å²) in [7, 11) is 0. The lowest BCUT2D eigenvalue weighted by Gasteiger charge is -2.07. The molecular weight excluding hydrogens is 211 g/mol. The molecule has 0 saturated heterocycles. The molecule has 0 radical (unpaired) electrons. The van der Waals surface area contributed by atoms with Gasteiger partial charge in [-0.05, 0) is 24.3 Å². The van der Waals surface area contributed by atoms with Gasteiger partial charge in [0.1, 0.15) is 5.82 Å². The number of aliphatic hydroxyl groups excluding tert-OH is 1. The summed E-state index contributed by atoms with van der Waals surface area (Å²) in [5.41, 5.74) is 0.430. The Balaban J connectivity index is 2.56. The van der Waals surface area contributed by atoms with Crippen LogP contribution in [0.15, 0.2) is 23.1 Å². The number of rotatable bonds is 6. The molecule has 0 aromatic heterocycles. The Hall–Kier alpha value is -0.540. The van der Waals surface area contributed by atoms with E-state index in [2.05, 4.69) is 6.92 Å². The summed E-state index contributed by atoms with van der Waals surface area (Å²) >= 11 is 1.63. The molecule has 1 rings (SSSR count). The third-order valence-corrected chi connectivity index (χ3v) is 3.43. The normalized spacial score (nSPS) is 10.6. The maximum Gasteiger partial charge on any atom is 0.129 e. The molecule has 0 fully saturated rings. The van der Waals surface area contributed by atoms with Gasteiger partial charge in [0.25, 0.3) is 0 Å². The van der Waals surface area contributed by atoms with Gasteiger partial charge in [0.05, 0.1) is 6.61 Å². The number of aliphatic hydroxyl groups is 1. The van der Waals surface area contributed by atoms with Crippen LogP contribution in [0.2, 0.25) is 0 Å². The van der Waals surface area contributed by atoms with Crippen LogP contribution < -0.4 is 0 Å². The Morgan fingerprint density at radius 3 is 2.80 bits per heavy atom. The maximum atomic E-state index is 13.3. The number of hydrogen-bond donors (Lipinski definition) is 1. The van der Waals surface area contributed by atoms with Crippen LogP contribution >= 0.6 is 11.8 Å². The number of halogens is 1. The topological polar surface area (TPSA) is 20.2 Å². The van der Waals surface area contributed by atoms with E-state index in [0.29, 0.717) is 5.56 Å². The van der Waals surface area contributed by atoms with Gasteiger partial charge in [0.15, 0.2) is 0 Å². The highest BCUT2D eigenvalue weighted by Crippen LogP contribution is 2.25. The first-order valence-corrected chi connectivity index (χ1v) is 6.29. The first kappa shape index (κ1) is 12.5. The molecule has 0 heterocycles. The Morgan fingerprint density at radius 1 is 1.33 bits per heavy atom. The molecule has 0 atom stereocenters. The van der Waals surface area contributed by atoms with Crippen LogP contribution in [0.3, 0.4) is 0 Å². The lowest BCUT2D eigenvalue weighted by atomic mass is 10.2. The van der Waals surface area contributed by atoms with Crippen LogP contribution in [0.4, 0.5) is 4.39 Å². The van der Waals surface area contributed by atoms with E-state index in [-0.39, 0.29) is 12.4 Å². The average molecular weight is 228 g/mol. The minimum Gasteiger partial charge on any atom is -0.392 e. The van der Waals surface area contributed by atoms with Gasteiger partial charge in [-0.1, -0.05) is 25.8 Å². The summed E-state index contributed by atoms with van der Waals surface area (Å²) in [5, 5.41) is 9.05. The van der Waals surface area contributed by atoms with Gasteiger partial charge in [-0.3, -0.25) is 0 Å². The zero-order chi connectivity index (χ0) is 11.1. The third-order valence-electron chi connectivity index (χ3n) is 2.24. The highest BCUT2D eigenvalue weighted by Gasteiger charge is 2.06. The van der Waals surface area contributed by atoms with Gasteiger partial charge in [0, 0.05) is 10.5 Å². The zero-order valence-electron chi connectivity index (χ0n) is 9.00. The monoisotopic (exact) mass is 228 g/mol. The number of hydrogen-bond acceptors (Lipinski definition) is 2. The maximum absolute atomic E-state index is 13.3. The molecule has 0 bridgehead atoms. The summed E-state index contributed by atoms with van der Waals surface area (Å²) in [6, 6.07) is 4.95. The zero-order valence-corrected chi connectivity index (χ0v) is 9.82. The van der Waals surface area contributed by atoms with E-state index < -0.39 is 0 Å². The predicted molar refractivity (Wildman–Crippen MR) is 62.6 cm³/mol. The van der Waals surface area contributed by atoms with Gasteiger partial charge in [0.2, 0.25) is 0 Å². The van der Waals surface area contributed by atoms with Crippen molar-refractivity contribution >= 4 is 11.8 Å². The standard InChI is InChI=1S/C12H17FOS/c1-2-3-4-8-15-12-7-5-6-11(13)10(12)9-14/h5-7,14H,2-4,8-9H2,1H3. The van der Waals surface area contributed by atoms with Crippen molar-refractivity contribution in [2.75, 3.05) is 5.75 Å². The Kier molecular flexibility index (Phi) is 5.73. The summed E-state index contributed by atoms with van der Waals surface area (Å²) in [6.45, 7) is 1.94. The van der Waals surface area contributed by atoms with E-state index in [0.717, 1.165) is 17.1 Å². The van der Waals surface area contributed by atoms with Gasteiger partial charge in [-0.25, -0.2) is 4.39 Å². The smallest absolute Gasteiger partial charge is 0.129 e. The summed E-state index contributed by atoms with van der Waals surface area (Å²) < 4.78 is 13.3. The largest absolute Gasteiger partial charge is 0.392 e. The molecule has 0 aliphatic carbocycles. The number of unbranched alkanes of at least 4 members (excludes halogenated alkanes) is 2. The minimum absolute atomic E-state index is 0.219. The third kappa shape index (κ3) is 3.84. The molecule has 1 aromatic rings. The van der Waals surface area contributed by atoms with Crippen molar-refractivity contribution in [1.82, 2.24) is 0 Å². The summed E-state index contributed by atoms with van der Waals surface area (Å²) in [4.78, 5) is 0.869. The number of benzene rings is 1. The van der Waals surface area contributed by atoms with E-state index in [1.807, 2.05) is 6.07 Å². The fraction of sp³-hybridized carbons (Fsp3) is 0.500. The highest BCUT2D eigenvalue weighted by atomic mass is 32.2. The molecule has 1 N–H and O–H groups in total. The molecule has 0 spiro atoms. The Bertz CT molecular complexity index is 302. The molecule has 84 valence electrons. The second kappa shape index (κ2) is 6.85. The van der Waals surface area contributed by atoms with Crippen molar-refractivity contribution < 1.29 is 9.50 Å². The van der Waals surface area contributed by atoms with Crippen LogP contribution in [-0.4, -0.2) is 10.9 Å². The minimum atomic E-state index is -0.307. The van der Waals surface area contributed by atoms with Crippen LogP contribution in [0.5, 0.6) is 0 Å². The lowest BCUT2D eigenvalue weighted by molar-refractivity contribution is 0.272. The molecule has 0 aliphatic heterocycles. The molecule has 0 aliphatic rings. The van der Waals surface area contributed by atoms with Crippen molar-refractivity contribution in [3.8, 4) is 0 Å². The van der Waals surface area contributed by atoms with Crippen molar-refractivity contribution in [2.24, 2.45) is 0 Å². The quantitative estimate of drug-likeness (QED) is 0.593. The fourth-order valence-corrected chi connectivity index (χ4v) is 2.44. The van der Waals surface area contributed by atoms with E-state index in [1.54, 1.807) is 17.8 Å². The van der Waals surface area contributed by atoms with Crippen molar-refractivity contribution in [1.29, 1.82) is 0 Å². The molecule has 1 nitrogen and oxygen atoms in total. The summed E-state index contributed by atoms with van der Waals surface area (Å²) in [5.74, 6) is 0.683. The predicted octanol–water partition coefficient (Wildman–Crippen LogP) is 3.60. The molecule has 15 heavy (non-hydrogen) atoms. The molecule has 0 unspecified atom stereocenters. The molecule has 0 amide bonds.